The van der Waals surface area contributed by atoms with Crippen molar-refractivity contribution in [2.45, 2.75) is 12.8 Å². The van der Waals surface area contributed by atoms with Crippen LogP contribution in [-0.2, 0) is 19.9 Å². The van der Waals surface area contributed by atoms with E-state index in [4.69, 9.17) is 16.2 Å². The number of ether oxygens (including phenoxy) is 1. The van der Waals surface area contributed by atoms with E-state index in [0.717, 1.165) is 63.6 Å². The lowest BCUT2D eigenvalue weighted by atomic mass is 10.0. The molecule has 10 nitrogen and oxygen atoms in total. The summed E-state index contributed by atoms with van der Waals surface area (Å²) in [4.78, 5) is 25.7. The minimum absolute atomic E-state index is 0.206. The molecule has 0 atom stereocenters. The predicted octanol–water partition coefficient (Wildman–Crippen LogP) is 7.12. The highest BCUT2D eigenvalue weighted by molar-refractivity contribution is 7.18. The number of anilines is 2. The van der Waals surface area contributed by atoms with Gasteiger partial charge in [-0.1, -0.05) is 36.4 Å². The second kappa shape index (κ2) is 17.4. The number of fused-ring (bicyclic) bond motifs is 2. The molecule has 0 aliphatic heterocycles. The van der Waals surface area contributed by atoms with Gasteiger partial charge in [0.25, 0.3) is 5.91 Å². The zero-order chi connectivity index (χ0) is 36.3. The van der Waals surface area contributed by atoms with Gasteiger partial charge in [0, 0.05) is 76.7 Å². The Labute approximate surface area is 307 Å². The first-order valence-electron chi connectivity index (χ1n) is 17.0. The maximum Gasteiger partial charge on any atom is 0.272 e. The highest BCUT2D eigenvalue weighted by Gasteiger charge is 2.18. The third-order valence-corrected chi connectivity index (χ3v) is 9.71. The zero-order valence-electron chi connectivity index (χ0n) is 29.3. The van der Waals surface area contributed by atoms with Crippen LogP contribution in [0, 0.1) is 0 Å². The lowest BCUT2D eigenvalue weighted by Gasteiger charge is -2.13. The Balaban J connectivity index is 0.000000451. The van der Waals surface area contributed by atoms with E-state index in [0.29, 0.717) is 29.5 Å². The molecule has 7 rings (SSSR count). The molecule has 5 aromatic heterocycles. The number of aromatic nitrogens is 4. The normalized spacial score (nSPS) is 11.1. The van der Waals surface area contributed by atoms with Crippen molar-refractivity contribution < 1.29 is 9.53 Å². The Hall–Kier alpha value is -5.88. The van der Waals surface area contributed by atoms with Crippen molar-refractivity contribution in [2.24, 2.45) is 12.8 Å². The van der Waals surface area contributed by atoms with Crippen molar-refractivity contribution in [1.82, 2.24) is 24.8 Å². The van der Waals surface area contributed by atoms with Crippen molar-refractivity contribution >= 4 is 55.8 Å². The molecule has 1 amide bonds. The van der Waals surface area contributed by atoms with Gasteiger partial charge in [0.15, 0.2) is 0 Å². The van der Waals surface area contributed by atoms with Crippen LogP contribution in [-0.4, -0.2) is 52.2 Å². The molecule has 7 aromatic rings. The minimum Gasteiger partial charge on any atom is -0.495 e. The fourth-order valence-corrected chi connectivity index (χ4v) is 7.02. The second-order valence-corrected chi connectivity index (χ2v) is 13.0. The number of carbonyl (C=O) groups excluding carboxylic acids is 1. The van der Waals surface area contributed by atoms with Gasteiger partial charge >= 0.3 is 0 Å². The highest BCUT2D eigenvalue weighted by Crippen LogP contribution is 2.41. The number of nitrogens with one attached hydrogen (secondary N) is 2. The second-order valence-electron chi connectivity index (χ2n) is 12.1. The summed E-state index contributed by atoms with van der Waals surface area (Å²) in [7, 11) is 3.49. The number of hydrogen-bond donors (Lipinski definition) is 4. The number of amides is 1. The van der Waals surface area contributed by atoms with Gasteiger partial charge in [-0.05, 0) is 96.5 Å². The zero-order valence-corrected chi connectivity index (χ0v) is 30.1. The van der Waals surface area contributed by atoms with Gasteiger partial charge in [0.1, 0.15) is 17.3 Å². The average Bonchev–Trinajstić information content (AvgIpc) is 3.78. The van der Waals surface area contributed by atoms with E-state index in [1.54, 1.807) is 30.8 Å². The van der Waals surface area contributed by atoms with Gasteiger partial charge in [-0.25, -0.2) is 4.98 Å². The third kappa shape index (κ3) is 8.52. The maximum absolute atomic E-state index is 13.2. The van der Waals surface area contributed by atoms with Crippen LogP contribution in [0.2, 0.25) is 0 Å². The van der Waals surface area contributed by atoms with E-state index in [1.165, 1.54) is 11.1 Å². The van der Waals surface area contributed by atoms with Crippen LogP contribution < -0.4 is 26.8 Å². The molecule has 0 fully saturated rings. The van der Waals surface area contributed by atoms with Gasteiger partial charge in [-0.3, -0.25) is 14.8 Å². The van der Waals surface area contributed by atoms with Crippen molar-refractivity contribution in [3.8, 4) is 16.9 Å². The summed E-state index contributed by atoms with van der Waals surface area (Å²) in [5.74, 6) is 0.831. The standard InChI is InChI=1S/C34H32N6O2S.C7H10N2/c1-40-28-8-4-3-6-24(28)18-29(40)34(41)39-27-10-9-23(19-30(27)42-2)26-21-43-32-25(20-38-33(35)31(26)32)7-5-14-36-15-11-22-12-16-37-17-13-22;8-4-1-7-2-5-9-6-3-7/h3-10,12-13,16-21,36H,11,14-15H2,1-2H3,(H2,35,38)(H,39,41);2-3,5-6H,1,4,8H2/b7-5+;. The number of methoxy groups -OCH3 is 1. The number of nitrogens with zero attached hydrogens (tertiary/aromatic N) is 4. The van der Waals surface area contributed by atoms with E-state index in [9.17, 15) is 4.79 Å². The molecule has 6 N–H and O–H groups in total. The first-order chi connectivity index (χ1) is 25.5. The summed E-state index contributed by atoms with van der Waals surface area (Å²) in [6.07, 6.45) is 15.1. The molecular formula is C41H42N8O2S. The molecule has 11 heteroatoms. The molecule has 5 heterocycles. The van der Waals surface area contributed by atoms with Crippen LogP contribution in [0.1, 0.15) is 27.2 Å². The molecule has 0 unspecified atom stereocenters. The number of hydrogen-bond acceptors (Lipinski definition) is 9. The van der Waals surface area contributed by atoms with Crippen LogP contribution in [0.15, 0.2) is 115 Å². The summed E-state index contributed by atoms with van der Waals surface area (Å²) in [6.45, 7) is 2.34. The van der Waals surface area contributed by atoms with E-state index in [1.807, 2.05) is 103 Å². The van der Waals surface area contributed by atoms with Crippen molar-refractivity contribution in [3.63, 3.8) is 0 Å². The summed E-state index contributed by atoms with van der Waals surface area (Å²) < 4.78 is 8.67. The Bertz CT molecular complexity index is 2280. The number of nitrogens with two attached hydrogens (primary N) is 2. The molecule has 0 saturated carbocycles. The topological polar surface area (TPSA) is 146 Å². The number of carbonyl (C=O) groups is 1. The predicted molar refractivity (Wildman–Crippen MR) is 214 cm³/mol. The average molecular weight is 711 g/mol. The monoisotopic (exact) mass is 710 g/mol. The van der Waals surface area contributed by atoms with Gasteiger partial charge in [0.05, 0.1) is 12.8 Å². The lowest BCUT2D eigenvalue weighted by Crippen LogP contribution is -2.16. The largest absolute Gasteiger partial charge is 0.495 e. The fraction of sp³-hybridized carbons (Fsp3) is 0.171. The van der Waals surface area contributed by atoms with Gasteiger partial charge in [0.2, 0.25) is 0 Å². The van der Waals surface area contributed by atoms with E-state index in [2.05, 4.69) is 43.1 Å². The number of benzene rings is 2. The molecule has 0 aliphatic rings. The minimum atomic E-state index is -0.206. The highest BCUT2D eigenvalue weighted by atomic mass is 32.1. The SMILES string of the molecule is COc1cc(-c2csc3c(/C=C/CNCCc4ccncc4)cnc(N)c23)ccc1NC(=O)c1cc2ccccc2n1C.NCCc1ccncc1. The van der Waals surface area contributed by atoms with Crippen LogP contribution in [0.5, 0.6) is 5.75 Å². The van der Waals surface area contributed by atoms with E-state index < -0.39 is 0 Å². The lowest BCUT2D eigenvalue weighted by molar-refractivity contribution is 0.101. The smallest absolute Gasteiger partial charge is 0.272 e. The molecule has 0 spiro atoms. The van der Waals surface area contributed by atoms with E-state index in [-0.39, 0.29) is 5.91 Å². The quantitative estimate of drug-likeness (QED) is 0.0981. The molecule has 0 saturated heterocycles. The number of nitrogen functional groups attached to an aromatic ring is 1. The molecule has 264 valence electrons. The summed E-state index contributed by atoms with van der Waals surface area (Å²) in [6, 6.07) is 23.6. The van der Waals surface area contributed by atoms with E-state index >= 15 is 0 Å². The molecule has 2 aromatic carbocycles. The Morgan fingerprint density at radius 2 is 1.69 bits per heavy atom. The van der Waals surface area contributed by atoms with Crippen LogP contribution >= 0.6 is 11.3 Å². The fourth-order valence-electron chi connectivity index (χ4n) is 5.94. The number of rotatable bonds is 12. The molecule has 0 radical (unpaired) electrons. The number of thiophene rings is 1. The molecule has 52 heavy (non-hydrogen) atoms. The molecular weight excluding hydrogens is 669 g/mol. The summed E-state index contributed by atoms with van der Waals surface area (Å²) in [5.41, 5.74) is 19.3. The van der Waals surface area contributed by atoms with Crippen molar-refractivity contribution in [2.75, 3.05) is 37.8 Å². The maximum atomic E-state index is 13.2. The Kier molecular flexibility index (Phi) is 12.0. The number of para-hydroxylation sites is 1. The van der Waals surface area contributed by atoms with Crippen LogP contribution in [0.25, 0.3) is 38.2 Å². The van der Waals surface area contributed by atoms with Crippen molar-refractivity contribution in [1.29, 1.82) is 0 Å². The first-order valence-corrected chi connectivity index (χ1v) is 17.9. The third-order valence-electron chi connectivity index (χ3n) is 8.68. The van der Waals surface area contributed by atoms with Gasteiger partial charge in [-0.2, -0.15) is 0 Å². The summed E-state index contributed by atoms with van der Waals surface area (Å²) in [5, 5.41) is 10.5. The van der Waals surface area contributed by atoms with Gasteiger partial charge < -0.3 is 31.4 Å². The Morgan fingerprint density at radius 3 is 2.40 bits per heavy atom. The molecule has 0 aliphatic carbocycles. The number of aryl methyl sites for hydroxylation is 1. The molecule has 0 bridgehead atoms. The van der Waals surface area contributed by atoms with Crippen LogP contribution in [0.3, 0.4) is 0 Å². The van der Waals surface area contributed by atoms with Gasteiger partial charge in [-0.15, -0.1) is 11.3 Å². The summed E-state index contributed by atoms with van der Waals surface area (Å²) >= 11 is 1.63. The number of pyridine rings is 3. The first kappa shape index (κ1) is 35.9. The van der Waals surface area contributed by atoms with Crippen molar-refractivity contribution in [3.05, 3.63) is 138 Å². The van der Waals surface area contributed by atoms with Crippen LogP contribution in [0.4, 0.5) is 11.5 Å². The Morgan fingerprint density at radius 1 is 0.962 bits per heavy atom.